The molecule has 0 saturated carbocycles. The molecular formula is C18H19ClN2O. The number of aliphatic hydroxyl groups is 1. The number of hydrogen-bond acceptors (Lipinski definition) is 2. The van der Waals surface area contributed by atoms with Crippen molar-refractivity contribution in [3.63, 3.8) is 0 Å². The SMILES string of the molecule is CCC(CO)(c1ccc(Cl)cc1)n1ccc2c(N)cccc21. The van der Waals surface area contributed by atoms with Gasteiger partial charge in [0.05, 0.1) is 17.7 Å². The van der Waals surface area contributed by atoms with Crippen LogP contribution in [0.25, 0.3) is 10.9 Å². The molecule has 3 nitrogen and oxygen atoms in total. The molecule has 0 amide bonds. The number of nitrogens with zero attached hydrogens (tertiary/aromatic N) is 1. The molecule has 0 aliphatic carbocycles. The van der Waals surface area contributed by atoms with E-state index in [0.29, 0.717) is 5.02 Å². The van der Waals surface area contributed by atoms with E-state index >= 15 is 0 Å². The first kappa shape index (κ1) is 14.9. The molecule has 1 atom stereocenters. The van der Waals surface area contributed by atoms with Gasteiger partial charge in [-0.15, -0.1) is 0 Å². The van der Waals surface area contributed by atoms with Crippen LogP contribution in [0.1, 0.15) is 18.9 Å². The number of aliphatic hydroxyl groups excluding tert-OH is 1. The molecule has 0 fully saturated rings. The number of hydrogen-bond donors (Lipinski definition) is 2. The van der Waals surface area contributed by atoms with Gasteiger partial charge < -0.3 is 15.4 Å². The molecule has 0 saturated heterocycles. The summed E-state index contributed by atoms with van der Waals surface area (Å²) in [7, 11) is 0. The van der Waals surface area contributed by atoms with Crippen molar-refractivity contribution in [2.24, 2.45) is 0 Å². The van der Waals surface area contributed by atoms with Crippen LogP contribution in [0.3, 0.4) is 0 Å². The minimum absolute atomic E-state index is 0.00368. The van der Waals surface area contributed by atoms with Crippen molar-refractivity contribution in [2.45, 2.75) is 18.9 Å². The normalized spacial score (nSPS) is 14.1. The fourth-order valence-corrected chi connectivity index (χ4v) is 3.24. The molecule has 3 rings (SSSR count). The molecule has 22 heavy (non-hydrogen) atoms. The van der Waals surface area contributed by atoms with Crippen molar-refractivity contribution >= 4 is 28.2 Å². The van der Waals surface area contributed by atoms with E-state index in [9.17, 15) is 5.11 Å². The third-order valence-electron chi connectivity index (χ3n) is 4.46. The van der Waals surface area contributed by atoms with Crippen molar-refractivity contribution in [1.82, 2.24) is 4.57 Å². The van der Waals surface area contributed by atoms with Crippen LogP contribution in [-0.4, -0.2) is 16.3 Å². The van der Waals surface area contributed by atoms with E-state index in [1.54, 1.807) is 0 Å². The fourth-order valence-electron chi connectivity index (χ4n) is 3.12. The van der Waals surface area contributed by atoms with E-state index in [0.717, 1.165) is 28.6 Å². The number of nitrogen functional groups attached to an aromatic ring is 1. The molecule has 1 heterocycles. The molecule has 0 spiro atoms. The van der Waals surface area contributed by atoms with Crippen LogP contribution < -0.4 is 5.73 Å². The van der Waals surface area contributed by atoms with Gasteiger partial charge in [0.1, 0.15) is 0 Å². The lowest BCUT2D eigenvalue weighted by atomic mass is 9.87. The van der Waals surface area contributed by atoms with Gasteiger partial charge in [0.15, 0.2) is 0 Å². The summed E-state index contributed by atoms with van der Waals surface area (Å²) in [6.07, 6.45) is 2.75. The highest BCUT2D eigenvalue weighted by molar-refractivity contribution is 6.30. The van der Waals surface area contributed by atoms with E-state index < -0.39 is 5.54 Å². The Bertz CT molecular complexity index is 788. The van der Waals surface area contributed by atoms with Crippen molar-refractivity contribution in [1.29, 1.82) is 0 Å². The number of fused-ring (bicyclic) bond motifs is 1. The van der Waals surface area contributed by atoms with Gasteiger partial charge in [-0.25, -0.2) is 0 Å². The first-order chi connectivity index (χ1) is 10.6. The molecule has 4 heteroatoms. The minimum atomic E-state index is -0.528. The summed E-state index contributed by atoms with van der Waals surface area (Å²) >= 11 is 6.00. The number of aromatic nitrogens is 1. The Morgan fingerprint density at radius 2 is 1.86 bits per heavy atom. The molecule has 0 radical (unpaired) electrons. The molecule has 3 aromatic rings. The molecule has 114 valence electrons. The van der Waals surface area contributed by atoms with Gasteiger partial charge >= 0.3 is 0 Å². The second kappa shape index (κ2) is 5.67. The molecule has 2 aromatic carbocycles. The van der Waals surface area contributed by atoms with Crippen LogP contribution >= 0.6 is 11.6 Å². The highest BCUT2D eigenvalue weighted by Crippen LogP contribution is 2.35. The summed E-state index contributed by atoms with van der Waals surface area (Å²) in [6, 6.07) is 15.5. The molecule has 0 aliphatic rings. The lowest BCUT2D eigenvalue weighted by molar-refractivity contribution is 0.165. The molecule has 0 aliphatic heterocycles. The fraction of sp³-hybridized carbons (Fsp3) is 0.222. The summed E-state index contributed by atoms with van der Waals surface area (Å²) in [5.74, 6) is 0. The Morgan fingerprint density at radius 1 is 1.14 bits per heavy atom. The van der Waals surface area contributed by atoms with Gasteiger partial charge in [-0.3, -0.25) is 0 Å². The van der Waals surface area contributed by atoms with E-state index in [-0.39, 0.29) is 6.61 Å². The predicted octanol–water partition coefficient (Wildman–Crippen LogP) is 4.02. The Labute approximate surface area is 134 Å². The zero-order valence-corrected chi connectivity index (χ0v) is 13.2. The van der Waals surface area contributed by atoms with Gasteiger partial charge in [0.2, 0.25) is 0 Å². The quantitative estimate of drug-likeness (QED) is 0.715. The Balaban J connectivity index is 2.26. The van der Waals surface area contributed by atoms with E-state index in [1.165, 1.54) is 0 Å². The van der Waals surface area contributed by atoms with Gasteiger partial charge in [0, 0.05) is 22.3 Å². The monoisotopic (exact) mass is 314 g/mol. The van der Waals surface area contributed by atoms with Crippen LogP contribution in [0.2, 0.25) is 5.02 Å². The van der Waals surface area contributed by atoms with Crippen LogP contribution in [-0.2, 0) is 5.54 Å². The van der Waals surface area contributed by atoms with Crippen molar-refractivity contribution in [3.05, 3.63) is 65.3 Å². The standard InChI is InChI=1S/C18H19ClN2O/c1-2-18(12-22,13-6-8-14(19)9-7-13)21-11-10-15-16(20)4-3-5-17(15)21/h3-11,22H,2,12,20H2,1H3. The van der Waals surface area contributed by atoms with Crippen LogP contribution in [0.4, 0.5) is 5.69 Å². The Hall–Kier alpha value is -1.97. The average molecular weight is 315 g/mol. The first-order valence-electron chi connectivity index (χ1n) is 7.35. The van der Waals surface area contributed by atoms with Crippen LogP contribution in [0.15, 0.2) is 54.7 Å². The second-order valence-corrected chi connectivity index (χ2v) is 5.95. The third-order valence-corrected chi connectivity index (χ3v) is 4.71. The lowest BCUT2D eigenvalue weighted by Gasteiger charge is -2.34. The summed E-state index contributed by atoms with van der Waals surface area (Å²) in [5, 5.41) is 11.9. The molecular weight excluding hydrogens is 296 g/mol. The number of anilines is 1. The predicted molar refractivity (Wildman–Crippen MR) is 92.3 cm³/mol. The minimum Gasteiger partial charge on any atom is -0.398 e. The third kappa shape index (κ3) is 2.18. The van der Waals surface area contributed by atoms with Gasteiger partial charge in [-0.2, -0.15) is 0 Å². The maximum atomic E-state index is 10.2. The molecule has 1 aromatic heterocycles. The summed E-state index contributed by atoms with van der Waals surface area (Å²) in [6.45, 7) is 2.08. The van der Waals surface area contributed by atoms with Gasteiger partial charge in [0.25, 0.3) is 0 Å². The van der Waals surface area contributed by atoms with Crippen molar-refractivity contribution in [3.8, 4) is 0 Å². The molecule has 1 unspecified atom stereocenters. The molecule has 3 N–H and O–H groups in total. The largest absolute Gasteiger partial charge is 0.398 e. The van der Waals surface area contributed by atoms with Crippen LogP contribution in [0.5, 0.6) is 0 Å². The van der Waals surface area contributed by atoms with E-state index in [1.807, 2.05) is 54.7 Å². The number of rotatable bonds is 4. The van der Waals surface area contributed by atoms with Crippen molar-refractivity contribution in [2.75, 3.05) is 12.3 Å². The second-order valence-electron chi connectivity index (χ2n) is 5.52. The number of halogens is 1. The number of benzene rings is 2. The molecule has 0 bridgehead atoms. The van der Waals surface area contributed by atoms with Crippen LogP contribution in [0, 0.1) is 0 Å². The number of nitrogens with two attached hydrogens (primary N) is 1. The maximum absolute atomic E-state index is 10.2. The highest BCUT2D eigenvalue weighted by Gasteiger charge is 2.32. The van der Waals surface area contributed by atoms with E-state index in [4.69, 9.17) is 17.3 Å². The highest BCUT2D eigenvalue weighted by atomic mass is 35.5. The topological polar surface area (TPSA) is 51.2 Å². The smallest absolute Gasteiger partial charge is 0.0924 e. The Morgan fingerprint density at radius 3 is 2.50 bits per heavy atom. The average Bonchev–Trinajstić information content (AvgIpc) is 2.97. The zero-order chi connectivity index (χ0) is 15.7. The summed E-state index contributed by atoms with van der Waals surface area (Å²) in [5.41, 5.74) is 8.33. The summed E-state index contributed by atoms with van der Waals surface area (Å²) in [4.78, 5) is 0. The summed E-state index contributed by atoms with van der Waals surface area (Å²) < 4.78 is 2.11. The zero-order valence-electron chi connectivity index (χ0n) is 12.5. The van der Waals surface area contributed by atoms with E-state index in [2.05, 4.69) is 11.5 Å². The van der Waals surface area contributed by atoms with Crippen molar-refractivity contribution < 1.29 is 5.11 Å². The maximum Gasteiger partial charge on any atom is 0.0924 e. The van der Waals surface area contributed by atoms with Gasteiger partial charge in [-0.05, 0) is 42.3 Å². The Kier molecular flexibility index (Phi) is 3.85. The first-order valence-corrected chi connectivity index (χ1v) is 7.73. The van der Waals surface area contributed by atoms with Gasteiger partial charge in [-0.1, -0.05) is 36.7 Å². The lowest BCUT2D eigenvalue weighted by Crippen LogP contribution is -2.37.